The third-order valence-corrected chi connectivity index (χ3v) is 6.07. The highest BCUT2D eigenvalue weighted by molar-refractivity contribution is 5.99. The van der Waals surface area contributed by atoms with Crippen molar-refractivity contribution in [3.63, 3.8) is 0 Å². The van der Waals surface area contributed by atoms with Crippen molar-refractivity contribution in [3.8, 4) is 11.3 Å². The highest BCUT2D eigenvalue weighted by Crippen LogP contribution is 2.26. The topological polar surface area (TPSA) is 120 Å². The first kappa shape index (κ1) is 20.1. The zero-order valence-corrected chi connectivity index (χ0v) is 17.6. The Hall–Kier alpha value is -3.78. The second-order valence-corrected chi connectivity index (χ2v) is 8.28. The first-order valence-electron chi connectivity index (χ1n) is 10.8. The van der Waals surface area contributed by atoms with Crippen molar-refractivity contribution in [3.05, 3.63) is 70.0 Å². The van der Waals surface area contributed by atoms with Crippen LogP contribution in [0.4, 0.5) is 0 Å². The van der Waals surface area contributed by atoms with Gasteiger partial charge in [0.1, 0.15) is 0 Å². The van der Waals surface area contributed by atoms with Crippen molar-refractivity contribution in [2.75, 3.05) is 13.1 Å². The van der Waals surface area contributed by atoms with E-state index in [0.29, 0.717) is 16.6 Å². The van der Waals surface area contributed by atoms with Crippen molar-refractivity contribution >= 4 is 27.7 Å². The number of nitrogens with zero attached hydrogens (tertiary/aromatic N) is 3. The number of nitrogens with one attached hydrogen (secondary N) is 2. The second kappa shape index (κ2) is 8.39. The fraction of sp³-hybridized carbons (Fsp3) is 0.250. The maximum atomic E-state index is 12.8. The first-order chi connectivity index (χ1) is 15.6. The van der Waals surface area contributed by atoms with Gasteiger partial charge in [-0.25, -0.2) is 0 Å². The molecule has 0 spiro atoms. The summed E-state index contributed by atoms with van der Waals surface area (Å²) < 4.78 is 0. The molecule has 2 aromatic heterocycles. The van der Waals surface area contributed by atoms with Gasteiger partial charge < -0.3 is 15.8 Å². The number of H-pyrrole nitrogens is 2. The quantitative estimate of drug-likeness (QED) is 0.257. The van der Waals surface area contributed by atoms with Gasteiger partial charge in [-0.05, 0) is 79.3 Å². The lowest BCUT2D eigenvalue weighted by molar-refractivity contribution is 0.0993. The van der Waals surface area contributed by atoms with Crippen LogP contribution in [0.3, 0.4) is 0 Å². The van der Waals surface area contributed by atoms with Crippen LogP contribution in [0.25, 0.3) is 33.1 Å². The molecule has 162 valence electrons. The SMILES string of the molecule is NN=NC(=O)c1ccc2[nH]c(=O)c(-c3cc4cc(CN5CCCCC5)ccc4[nH]3)cc2c1. The number of rotatable bonds is 4. The molecule has 0 saturated carbocycles. The van der Waals surface area contributed by atoms with Crippen LogP contribution in [-0.4, -0.2) is 33.9 Å². The molecule has 8 nitrogen and oxygen atoms in total. The standard InChI is InChI=1S/C24H24N6O2/c25-29-28-23(31)16-5-7-21-18(11-16)12-19(24(32)27-21)22-13-17-10-15(4-6-20(17)26-22)14-30-8-2-1-3-9-30/h4-7,10-13,26H,1-3,8-9,14H2,(H,27,32)(H2,25,28,31). The van der Waals surface area contributed by atoms with Crippen LogP contribution in [0.1, 0.15) is 35.2 Å². The van der Waals surface area contributed by atoms with Crippen molar-refractivity contribution in [2.45, 2.75) is 25.8 Å². The number of nitrogens with two attached hydrogens (primary N) is 1. The van der Waals surface area contributed by atoms with E-state index in [1.807, 2.05) is 6.07 Å². The van der Waals surface area contributed by atoms with Gasteiger partial charge in [0.2, 0.25) is 0 Å². The fourth-order valence-corrected chi connectivity index (χ4v) is 4.45. The molecule has 5 rings (SSSR count). The van der Waals surface area contributed by atoms with E-state index in [2.05, 4.69) is 43.4 Å². The summed E-state index contributed by atoms with van der Waals surface area (Å²) in [6.45, 7) is 3.25. The molecule has 1 fully saturated rings. The zero-order valence-electron chi connectivity index (χ0n) is 17.6. The van der Waals surface area contributed by atoms with Gasteiger partial charge in [-0.1, -0.05) is 22.8 Å². The average molecular weight is 428 g/mol. The van der Waals surface area contributed by atoms with E-state index >= 15 is 0 Å². The molecule has 0 aliphatic carbocycles. The lowest BCUT2D eigenvalue weighted by Crippen LogP contribution is -2.28. The van der Waals surface area contributed by atoms with Gasteiger partial charge in [0.05, 0.1) is 11.3 Å². The Balaban J connectivity index is 1.50. The van der Waals surface area contributed by atoms with Gasteiger partial charge in [-0.2, -0.15) is 0 Å². The molecule has 0 atom stereocenters. The van der Waals surface area contributed by atoms with E-state index in [9.17, 15) is 9.59 Å². The molecule has 4 N–H and O–H groups in total. The molecule has 2 aromatic carbocycles. The Bertz CT molecular complexity index is 1390. The third kappa shape index (κ3) is 3.92. The number of hydrogen-bond acceptors (Lipinski definition) is 4. The number of aromatic nitrogens is 2. The minimum Gasteiger partial charge on any atom is -0.354 e. The van der Waals surface area contributed by atoms with Crippen molar-refractivity contribution in [1.82, 2.24) is 14.9 Å². The number of fused-ring (bicyclic) bond motifs is 2. The van der Waals surface area contributed by atoms with E-state index in [0.717, 1.165) is 41.6 Å². The molecular formula is C24H24N6O2. The molecule has 1 saturated heterocycles. The van der Waals surface area contributed by atoms with Crippen LogP contribution in [-0.2, 0) is 6.54 Å². The normalized spacial score (nSPS) is 15.1. The minimum absolute atomic E-state index is 0.196. The van der Waals surface area contributed by atoms with E-state index in [1.54, 1.807) is 24.3 Å². The van der Waals surface area contributed by atoms with E-state index < -0.39 is 5.91 Å². The molecule has 32 heavy (non-hydrogen) atoms. The van der Waals surface area contributed by atoms with E-state index in [1.165, 1.54) is 24.8 Å². The Morgan fingerprint density at radius 3 is 2.50 bits per heavy atom. The second-order valence-electron chi connectivity index (χ2n) is 8.28. The van der Waals surface area contributed by atoms with Gasteiger partial charge in [0.15, 0.2) is 0 Å². The van der Waals surface area contributed by atoms with Crippen LogP contribution in [0, 0.1) is 0 Å². The number of hydrogen-bond donors (Lipinski definition) is 3. The number of benzene rings is 2. The average Bonchev–Trinajstić information content (AvgIpc) is 3.22. The predicted octanol–water partition coefficient (Wildman–Crippen LogP) is 4.13. The number of likely N-dealkylation sites (tertiary alicyclic amines) is 1. The molecule has 3 heterocycles. The highest BCUT2D eigenvalue weighted by Gasteiger charge is 2.13. The van der Waals surface area contributed by atoms with Gasteiger partial charge in [0.25, 0.3) is 11.5 Å². The molecule has 8 heteroatoms. The minimum atomic E-state index is -0.533. The molecular weight excluding hydrogens is 404 g/mol. The smallest absolute Gasteiger partial charge is 0.297 e. The fourth-order valence-electron chi connectivity index (χ4n) is 4.45. The van der Waals surface area contributed by atoms with Crippen molar-refractivity contribution in [1.29, 1.82) is 0 Å². The largest absolute Gasteiger partial charge is 0.354 e. The molecule has 1 aliphatic rings. The number of pyridine rings is 1. The summed E-state index contributed by atoms with van der Waals surface area (Å²) in [6.07, 6.45) is 3.86. The first-order valence-corrected chi connectivity index (χ1v) is 10.8. The Morgan fingerprint density at radius 2 is 1.69 bits per heavy atom. The monoisotopic (exact) mass is 428 g/mol. The van der Waals surface area contributed by atoms with Crippen LogP contribution in [0.2, 0.25) is 0 Å². The van der Waals surface area contributed by atoms with Crippen molar-refractivity contribution in [2.24, 2.45) is 16.2 Å². The maximum absolute atomic E-state index is 12.8. The summed E-state index contributed by atoms with van der Waals surface area (Å²) >= 11 is 0. The summed E-state index contributed by atoms with van der Waals surface area (Å²) in [5, 5.41) is 8.20. The van der Waals surface area contributed by atoms with Crippen molar-refractivity contribution < 1.29 is 4.79 Å². The Kier molecular flexibility index (Phi) is 5.28. The Labute approximate surface area is 184 Å². The molecule has 1 aliphatic heterocycles. The third-order valence-electron chi connectivity index (χ3n) is 6.07. The summed E-state index contributed by atoms with van der Waals surface area (Å²) in [5.74, 6) is 4.45. The molecule has 0 radical (unpaired) electrons. The molecule has 0 bridgehead atoms. The van der Waals surface area contributed by atoms with Crippen LogP contribution < -0.4 is 11.4 Å². The number of carbonyl (C=O) groups is 1. The highest BCUT2D eigenvalue weighted by atomic mass is 16.2. The lowest BCUT2D eigenvalue weighted by atomic mass is 10.1. The van der Waals surface area contributed by atoms with Gasteiger partial charge in [-0.15, -0.1) is 0 Å². The van der Waals surface area contributed by atoms with Crippen LogP contribution in [0.5, 0.6) is 0 Å². The summed E-state index contributed by atoms with van der Waals surface area (Å²) in [6, 6.07) is 15.1. The molecule has 0 unspecified atom stereocenters. The lowest BCUT2D eigenvalue weighted by Gasteiger charge is -2.26. The predicted molar refractivity (Wildman–Crippen MR) is 124 cm³/mol. The zero-order chi connectivity index (χ0) is 22.1. The summed E-state index contributed by atoms with van der Waals surface area (Å²) in [7, 11) is 0. The van der Waals surface area contributed by atoms with E-state index in [4.69, 9.17) is 5.84 Å². The number of piperidine rings is 1. The number of aromatic amines is 2. The van der Waals surface area contributed by atoms with Crippen LogP contribution >= 0.6 is 0 Å². The van der Waals surface area contributed by atoms with Gasteiger partial charge in [0, 0.05) is 28.5 Å². The summed E-state index contributed by atoms with van der Waals surface area (Å²) in [5.41, 5.74) is 4.29. The van der Waals surface area contributed by atoms with Gasteiger partial charge in [-0.3, -0.25) is 14.5 Å². The number of amides is 1. The van der Waals surface area contributed by atoms with Gasteiger partial charge >= 0.3 is 0 Å². The molecule has 4 aromatic rings. The Morgan fingerprint density at radius 1 is 0.938 bits per heavy atom. The molecule has 1 amide bonds. The van der Waals surface area contributed by atoms with E-state index in [-0.39, 0.29) is 5.56 Å². The number of carbonyl (C=O) groups excluding carboxylic acids is 1. The maximum Gasteiger partial charge on any atom is 0.297 e. The van der Waals surface area contributed by atoms with Crippen LogP contribution in [0.15, 0.2) is 63.7 Å². The summed E-state index contributed by atoms with van der Waals surface area (Å²) in [4.78, 5) is 33.5.